The van der Waals surface area contributed by atoms with Crippen molar-refractivity contribution >= 4 is 5.96 Å². The summed E-state index contributed by atoms with van der Waals surface area (Å²) in [7, 11) is 1.78. The van der Waals surface area contributed by atoms with E-state index in [9.17, 15) is 4.39 Å². The fourth-order valence-electron chi connectivity index (χ4n) is 3.22. The molecular formula is C20H33FN4O. The number of halogens is 1. The first kappa shape index (κ1) is 20.5. The molecule has 1 aliphatic rings. The summed E-state index contributed by atoms with van der Waals surface area (Å²) in [5, 5.41) is 6.81. The van der Waals surface area contributed by atoms with Crippen molar-refractivity contribution in [3.05, 3.63) is 30.1 Å². The van der Waals surface area contributed by atoms with Crippen LogP contribution in [0.3, 0.4) is 0 Å². The maximum Gasteiger partial charge on any atom is 0.191 e. The van der Waals surface area contributed by atoms with Gasteiger partial charge in [-0.25, -0.2) is 4.39 Å². The smallest absolute Gasteiger partial charge is 0.191 e. The van der Waals surface area contributed by atoms with E-state index in [0.717, 1.165) is 31.9 Å². The Kier molecular flexibility index (Phi) is 8.16. The van der Waals surface area contributed by atoms with E-state index in [4.69, 9.17) is 4.74 Å². The normalized spacial score (nSPS) is 18.0. The van der Waals surface area contributed by atoms with E-state index in [1.54, 1.807) is 19.2 Å². The summed E-state index contributed by atoms with van der Waals surface area (Å²) in [4.78, 5) is 6.84. The Morgan fingerprint density at radius 2 is 2.04 bits per heavy atom. The fraction of sp³-hybridized carbons (Fsp3) is 0.650. The predicted molar refractivity (Wildman–Crippen MR) is 105 cm³/mol. The molecule has 0 saturated carbocycles. The van der Waals surface area contributed by atoms with E-state index in [0.29, 0.717) is 24.3 Å². The highest BCUT2D eigenvalue weighted by Gasteiger charge is 2.20. The van der Waals surface area contributed by atoms with Crippen LogP contribution in [0.4, 0.5) is 4.39 Å². The van der Waals surface area contributed by atoms with Crippen molar-refractivity contribution in [1.82, 2.24) is 15.5 Å². The molecule has 0 aromatic heterocycles. The van der Waals surface area contributed by atoms with Gasteiger partial charge in [0.15, 0.2) is 5.96 Å². The Labute approximate surface area is 157 Å². The number of rotatable bonds is 7. The Bertz CT molecular complexity index is 571. The number of nitrogens with one attached hydrogen (secondary N) is 2. The van der Waals surface area contributed by atoms with E-state index in [-0.39, 0.29) is 11.9 Å². The van der Waals surface area contributed by atoms with E-state index in [2.05, 4.69) is 34.4 Å². The third-order valence-corrected chi connectivity index (χ3v) is 4.47. The largest absolute Gasteiger partial charge is 0.489 e. The lowest BCUT2D eigenvalue weighted by Crippen LogP contribution is -2.50. The summed E-state index contributed by atoms with van der Waals surface area (Å²) >= 11 is 0. The number of hydrogen-bond acceptors (Lipinski definition) is 3. The van der Waals surface area contributed by atoms with Gasteiger partial charge in [-0.3, -0.25) is 4.99 Å². The average molecular weight is 365 g/mol. The van der Waals surface area contributed by atoms with Crippen LogP contribution in [0.2, 0.25) is 0 Å². The molecule has 5 nitrogen and oxygen atoms in total. The Morgan fingerprint density at radius 1 is 1.31 bits per heavy atom. The highest BCUT2D eigenvalue weighted by molar-refractivity contribution is 5.80. The van der Waals surface area contributed by atoms with Crippen LogP contribution >= 0.6 is 0 Å². The molecule has 1 unspecified atom stereocenters. The van der Waals surface area contributed by atoms with Crippen LogP contribution in [0.15, 0.2) is 29.3 Å². The van der Waals surface area contributed by atoms with Gasteiger partial charge in [-0.1, -0.05) is 19.9 Å². The monoisotopic (exact) mass is 364 g/mol. The van der Waals surface area contributed by atoms with Gasteiger partial charge >= 0.3 is 0 Å². The maximum atomic E-state index is 13.2. The standard InChI is InChI=1S/C20H33FN4O/c1-15(2)14-25-10-8-18(9-11-25)24-20(22-4)23-13-16(3)26-19-7-5-6-17(21)12-19/h5-7,12,15-16,18H,8-11,13-14H2,1-4H3,(H2,22,23,24). The van der Waals surface area contributed by atoms with Gasteiger partial charge in [0.05, 0.1) is 6.54 Å². The molecule has 1 aromatic rings. The van der Waals surface area contributed by atoms with Gasteiger partial charge in [-0.2, -0.15) is 0 Å². The molecule has 1 heterocycles. The van der Waals surface area contributed by atoms with E-state index < -0.39 is 0 Å². The number of ether oxygens (including phenoxy) is 1. The SMILES string of the molecule is CN=C(NCC(C)Oc1cccc(F)c1)NC1CCN(CC(C)C)CC1. The molecule has 1 aromatic carbocycles. The molecule has 1 aliphatic heterocycles. The number of guanidine groups is 1. The molecule has 1 atom stereocenters. The average Bonchev–Trinajstić information content (AvgIpc) is 2.59. The minimum absolute atomic E-state index is 0.0942. The Balaban J connectivity index is 1.71. The van der Waals surface area contributed by atoms with Crippen LogP contribution in [-0.4, -0.2) is 56.2 Å². The zero-order chi connectivity index (χ0) is 18.9. The summed E-state index contributed by atoms with van der Waals surface area (Å²) in [6, 6.07) is 6.67. The highest BCUT2D eigenvalue weighted by atomic mass is 19.1. The van der Waals surface area contributed by atoms with Crippen LogP contribution in [0.1, 0.15) is 33.6 Å². The van der Waals surface area contributed by atoms with Crippen molar-refractivity contribution in [2.45, 2.75) is 45.8 Å². The lowest BCUT2D eigenvalue weighted by Gasteiger charge is -2.34. The van der Waals surface area contributed by atoms with Crippen molar-refractivity contribution in [2.24, 2.45) is 10.9 Å². The van der Waals surface area contributed by atoms with Crippen LogP contribution in [0.5, 0.6) is 5.75 Å². The summed E-state index contributed by atoms with van der Waals surface area (Å²) < 4.78 is 19.0. The molecule has 2 N–H and O–H groups in total. The maximum absolute atomic E-state index is 13.2. The molecule has 146 valence electrons. The number of benzene rings is 1. The predicted octanol–water partition coefficient (Wildman–Crippen LogP) is 2.88. The van der Waals surface area contributed by atoms with E-state index in [1.165, 1.54) is 18.7 Å². The van der Waals surface area contributed by atoms with Gasteiger partial charge in [-0.15, -0.1) is 0 Å². The van der Waals surface area contributed by atoms with Gasteiger partial charge in [-0.05, 0) is 37.8 Å². The van der Waals surface area contributed by atoms with Gasteiger partial charge < -0.3 is 20.3 Å². The van der Waals surface area contributed by atoms with Gasteiger partial charge in [0.1, 0.15) is 17.7 Å². The quantitative estimate of drug-likeness (QED) is 0.577. The van der Waals surface area contributed by atoms with Crippen molar-refractivity contribution < 1.29 is 9.13 Å². The summed E-state index contributed by atoms with van der Waals surface area (Å²) in [6.45, 7) is 10.5. The first-order valence-corrected chi connectivity index (χ1v) is 9.58. The van der Waals surface area contributed by atoms with E-state index >= 15 is 0 Å². The van der Waals surface area contributed by atoms with Crippen LogP contribution in [0, 0.1) is 11.7 Å². The fourth-order valence-corrected chi connectivity index (χ4v) is 3.22. The van der Waals surface area contributed by atoms with Gasteiger partial charge in [0.25, 0.3) is 0 Å². The van der Waals surface area contributed by atoms with Crippen molar-refractivity contribution in [3.8, 4) is 5.75 Å². The molecule has 2 rings (SSSR count). The lowest BCUT2D eigenvalue weighted by atomic mass is 10.0. The summed E-state index contributed by atoms with van der Waals surface area (Å²) in [6.07, 6.45) is 2.16. The highest BCUT2D eigenvalue weighted by Crippen LogP contribution is 2.14. The number of piperidine rings is 1. The second kappa shape index (κ2) is 10.4. The van der Waals surface area contributed by atoms with Gasteiger partial charge in [0, 0.05) is 38.8 Å². The molecule has 0 spiro atoms. The van der Waals surface area contributed by atoms with Crippen molar-refractivity contribution in [2.75, 3.05) is 33.2 Å². The number of aliphatic imine (C=N–C) groups is 1. The van der Waals surface area contributed by atoms with Crippen LogP contribution in [-0.2, 0) is 0 Å². The lowest BCUT2D eigenvalue weighted by molar-refractivity contribution is 0.186. The second-order valence-electron chi connectivity index (χ2n) is 7.45. The third kappa shape index (κ3) is 7.20. The number of hydrogen-bond donors (Lipinski definition) is 2. The molecule has 0 aliphatic carbocycles. The first-order chi connectivity index (χ1) is 12.5. The van der Waals surface area contributed by atoms with Crippen molar-refractivity contribution in [3.63, 3.8) is 0 Å². The van der Waals surface area contributed by atoms with Gasteiger partial charge in [0.2, 0.25) is 0 Å². The Hall–Kier alpha value is -1.82. The zero-order valence-electron chi connectivity index (χ0n) is 16.5. The van der Waals surface area contributed by atoms with Crippen molar-refractivity contribution in [1.29, 1.82) is 0 Å². The Morgan fingerprint density at radius 3 is 2.65 bits per heavy atom. The zero-order valence-corrected chi connectivity index (χ0v) is 16.5. The molecule has 0 bridgehead atoms. The topological polar surface area (TPSA) is 48.9 Å². The summed E-state index contributed by atoms with van der Waals surface area (Å²) in [5.41, 5.74) is 0. The van der Waals surface area contributed by atoms with Crippen LogP contribution in [0.25, 0.3) is 0 Å². The molecule has 1 saturated heterocycles. The second-order valence-corrected chi connectivity index (χ2v) is 7.45. The number of likely N-dealkylation sites (tertiary alicyclic amines) is 1. The molecule has 0 amide bonds. The third-order valence-electron chi connectivity index (χ3n) is 4.47. The van der Waals surface area contributed by atoms with E-state index in [1.807, 2.05) is 6.92 Å². The molecule has 1 fully saturated rings. The molecule has 6 heteroatoms. The number of nitrogens with zero attached hydrogens (tertiary/aromatic N) is 2. The minimum Gasteiger partial charge on any atom is -0.489 e. The first-order valence-electron chi connectivity index (χ1n) is 9.58. The molecule has 0 radical (unpaired) electrons. The van der Waals surface area contributed by atoms with Crippen LogP contribution < -0.4 is 15.4 Å². The molecule has 26 heavy (non-hydrogen) atoms. The summed E-state index contributed by atoms with van der Waals surface area (Å²) in [5.74, 6) is 1.76. The molecular weight excluding hydrogens is 331 g/mol. The minimum atomic E-state index is -0.288.